The Balaban J connectivity index is 3.07. The van der Waals surface area contributed by atoms with E-state index in [-0.39, 0.29) is 0 Å². The molecule has 0 amide bonds. The molecule has 0 radical (unpaired) electrons. The molecule has 0 atom stereocenters. The molecule has 0 aromatic carbocycles. The fourth-order valence-electron chi connectivity index (χ4n) is 0.541. The van der Waals surface area contributed by atoms with Crippen LogP contribution in [0.1, 0.15) is 5.56 Å². The van der Waals surface area contributed by atoms with Crippen molar-refractivity contribution in [2.45, 2.75) is 5.33 Å². The highest BCUT2D eigenvalue weighted by Gasteiger charge is 1.98. The summed E-state index contributed by atoms with van der Waals surface area (Å²) < 4.78 is 0.766. The van der Waals surface area contributed by atoms with Gasteiger partial charge < -0.3 is 0 Å². The van der Waals surface area contributed by atoms with E-state index in [4.69, 9.17) is 11.6 Å². The van der Waals surface area contributed by atoms with Crippen LogP contribution >= 0.6 is 43.5 Å². The van der Waals surface area contributed by atoms with E-state index in [0.717, 1.165) is 15.5 Å². The second kappa shape index (κ2) is 3.69. The van der Waals surface area contributed by atoms with E-state index in [0.29, 0.717) is 5.15 Å². The molecule has 0 fully saturated rings. The van der Waals surface area contributed by atoms with Crippen molar-refractivity contribution in [3.8, 4) is 0 Å². The zero-order valence-corrected chi connectivity index (χ0v) is 8.87. The van der Waals surface area contributed by atoms with Crippen molar-refractivity contribution >= 4 is 43.5 Å². The van der Waals surface area contributed by atoms with Crippen molar-refractivity contribution in [3.05, 3.63) is 27.5 Å². The van der Waals surface area contributed by atoms with Gasteiger partial charge in [0, 0.05) is 10.9 Å². The number of rotatable bonds is 1. The Hall–Kier alpha value is 0.400. The molecule has 1 aromatic heterocycles. The van der Waals surface area contributed by atoms with E-state index in [9.17, 15) is 0 Å². The van der Waals surface area contributed by atoms with Crippen LogP contribution in [0.15, 0.2) is 16.7 Å². The Kier molecular flexibility index (Phi) is 3.14. The molecule has 0 N–H and O–H groups in total. The van der Waals surface area contributed by atoms with Crippen molar-refractivity contribution in [2.75, 3.05) is 0 Å². The summed E-state index contributed by atoms with van der Waals surface area (Å²) >= 11 is 12.3. The Bertz CT molecular complexity index is 239. The number of aromatic nitrogens is 1. The lowest BCUT2D eigenvalue weighted by molar-refractivity contribution is 1.22. The van der Waals surface area contributed by atoms with Gasteiger partial charge in [-0.05, 0) is 22.0 Å². The summed E-state index contributed by atoms with van der Waals surface area (Å²) in [6, 6.07) is 3.79. The van der Waals surface area contributed by atoms with Gasteiger partial charge in [-0.3, -0.25) is 0 Å². The predicted octanol–water partition coefficient (Wildman–Crippen LogP) is 3.39. The number of pyridine rings is 1. The van der Waals surface area contributed by atoms with Crippen LogP contribution < -0.4 is 0 Å². The topological polar surface area (TPSA) is 12.9 Å². The van der Waals surface area contributed by atoms with Gasteiger partial charge >= 0.3 is 0 Å². The molecule has 1 heterocycles. The molecule has 4 heteroatoms. The number of hydrogen-bond acceptors (Lipinski definition) is 1. The molecule has 0 aliphatic rings. The summed E-state index contributed by atoms with van der Waals surface area (Å²) in [5.74, 6) is 0. The lowest BCUT2D eigenvalue weighted by Gasteiger charge is -1.97. The first-order valence-electron chi connectivity index (χ1n) is 2.61. The van der Waals surface area contributed by atoms with Crippen molar-refractivity contribution in [1.29, 1.82) is 0 Å². The van der Waals surface area contributed by atoms with Crippen LogP contribution in [0.2, 0.25) is 5.15 Å². The molecule has 0 bridgehead atoms. The van der Waals surface area contributed by atoms with Crippen molar-refractivity contribution in [1.82, 2.24) is 4.98 Å². The van der Waals surface area contributed by atoms with Gasteiger partial charge in [0.2, 0.25) is 0 Å². The molecule has 54 valence electrons. The third kappa shape index (κ3) is 1.94. The summed E-state index contributed by atoms with van der Waals surface area (Å²) in [6.45, 7) is 0. The molecular formula is C6H4Br2ClN. The Morgan fingerprint density at radius 2 is 2.20 bits per heavy atom. The molecular weight excluding hydrogens is 281 g/mol. The zero-order chi connectivity index (χ0) is 7.56. The normalized spacial score (nSPS) is 9.90. The van der Waals surface area contributed by atoms with E-state index in [2.05, 4.69) is 36.8 Å². The Labute approximate surface area is 81.1 Å². The molecule has 1 rings (SSSR count). The number of nitrogens with zero attached hydrogens (tertiary/aromatic N) is 1. The van der Waals surface area contributed by atoms with Gasteiger partial charge in [0.1, 0.15) is 9.76 Å². The Morgan fingerprint density at radius 3 is 2.70 bits per heavy atom. The van der Waals surface area contributed by atoms with Crippen molar-refractivity contribution < 1.29 is 0 Å². The highest BCUT2D eigenvalue weighted by atomic mass is 79.9. The minimum atomic E-state index is 0.547. The molecule has 1 nitrogen and oxygen atoms in total. The maximum absolute atomic E-state index is 5.76. The molecule has 0 aliphatic carbocycles. The van der Waals surface area contributed by atoms with Crippen LogP contribution in [0.25, 0.3) is 0 Å². The summed E-state index contributed by atoms with van der Waals surface area (Å²) in [7, 11) is 0. The van der Waals surface area contributed by atoms with Crippen molar-refractivity contribution in [3.63, 3.8) is 0 Å². The van der Waals surface area contributed by atoms with Gasteiger partial charge in [-0.1, -0.05) is 33.6 Å². The third-order valence-corrected chi connectivity index (χ3v) is 2.41. The molecule has 0 unspecified atom stereocenters. The summed E-state index contributed by atoms with van der Waals surface area (Å²) in [4.78, 5) is 4.00. The van der Waals surface area contributed by atoms with E-state index in [1.54, 1.807) is 0 Å². The molecule has 0 aliphatic heterocycles. The first-order chi connectivity index (χ1) is 4.74. The molecule has 10 heavy (non-hydrogen) atoms. The van der Waals surface area contributed by atoms with E-state index in [1.165, 1.54) is 0 Å². The largest absolute Gasteiger partial charge is 0.229 e. The average molecular weight is 285 g/mol. The molecule has 0 spiro atoms. The Morgan fingerprint density at radius 1 is 1.50 bits per heavy atom. The third-order valence-electron chi connectivity index (χ3n) is 1.04. The fraction of sp³-hybridized carbons (Fsp3) is 0.167. The first kappa shape index (κ1) is 8.50. The maximum Gasteiger partial charge on any atom is 0.134 e. The zero-order valence-electron chi connectivity index (χ0n) is 4.94. The number of hydrogen-bond donors (Lipinski definition) is 0. The second-order valence-corrected chi connectivity index (χ2v) is 3.45. The minimum Gasteiger partial charge on any atom is -0.229 e. The van der Waals surface area contributed by atoms with Crippen LogP contribution in [0.5, 0.6) is 0 Å². The molecule has 1 aromatic rings. The average Bonchev–Trinajstić information content (AvgIpc) is 1.88. The van der Waals surface area contributed by atoms with Crippen LogP contribution in [0.4, 0.5) is 0 Å². The minimum absolute atomic E-state index is 0.547. The highest BCUT2D eigenvalue weighted by molar-refractivity contribution is 9.10. The standard InChI is InChI=1S/C6H4Br2ClN/c7-3-4-1-2-5(8)10-6(4)9/h1-2H,3H2. The van der Waals surface area contributed by atoms with Gasteiger partial charge in [0.15, 0.2) is 0 Å². The quantitative estimate of drug-likeness (QED) is 0.569. The van der Waals surface area contributed by atoms with Crippen LogP contribution in [-0.2, 0) is 5.33 Å². The SMILES string of the molecule is Clc1nc(Br)ccc1CBr. The van der Waals surface area contributed by atoms with Gasteiger partial charge in [-0.25, -0.2) is 4.98 Å². The van der Waals surface area contributed by atoms with E-state index < -0.39 is 0 Å². The fourth-order valence-corrected chi connectivity index (χ4v) is 1.79. The first-order valence-corrected chi connectivity index (χ1v) is 4.90. The van der Waals surface area contributed by atoms with Gasteiger partial charge in [0.25, 0.3) is 0 Å². The summed E-state index contributed by atoms with van der Waals surface area (Å²) in [5.41, 5.74) is 1.00. The summed E-state index contributed by atoms with van der Waals surface area (Å²) in [5, 5.41) is 1.29. The highest BCUT2D eigenvalue weighted by Crippen LogP contribution is 2.18. The lowest BCUT2D eigenvalue weighted by Crippen LogP contribution is -1.83. The van der Waals surface area contributed by atoms with Gasteiger partial charge in [0.05, 0.1) is 0 Å². The lowest BCUT2D eigenvalue weighted by atomic mass is 10.3. The second-order valence-electron chi connectivity index (χ2n) is 1.72. The van der Waals surface area contributed by atoms with Crippen LogP contribution in [0, 0.1) is 0 Å². The number of alkyl halides is 1. The van der Waals surface area contributed by atoms with Crippen LogP contribution in [0.3, 0.4) is 0 Å². The molecule has 0 saturated heterocycles. The number of halogens is 3. The van der Waals surface area contributed by atoms with E-state index in [1.807, 2.05) is 12.1 Å². The van der Waals surface area contributed by atoms with E-state index >= 15 is 0 Å². The summed E-state index contributed by atoms with van der Waals surface area (Å²) in [6.07, 6.45) is 0. The maximum atomic E-state index is 5.76. The monoisotopic (exact) mass is 283 g/mol. The van der Waals surface area contributed by atoms with Crippen LogP contribution in [-0.4, -0.2) is 4.98 Å². The van der Waals surface area contributed by atoms with Gasteiger partial charge in [-0.15, -0.1) is 0 Å². The molecule has 0 saturated carbocycles. The van der Waals surface area contributed by atoms with Gasteiger partial charge in [-0.2, -0.15) is 0 Å². The van der Waals surface area contributed by atoms with Crippen molar-refractivity contribution in [2.24, 2.45) is 0 Å². The smallest absolute Gasteiger partial charge is 0.134 e. The predicted molar refractivity (Wildman–Crippen MR) is 49.6 cm³/mol.